The van der Waals surface area contributed by atoms with E-state index in [1.807, 2.05) is 22.6 Å². The van der Waals surface area contributed by atoms with Crippen LogP contribution in [0.1, 0.15) is 16.7 Å². The Morgan fingerprint density at radius 1 is 1.36 bits per heavy atom. The molecule has 0 fully saturated rings. The summed E-state index contributed by atoms with van der Waals surface area (Å²) >= 11 is 1.86. The average Bonchev–Trinajstić information content (AvgIpc) is 2.06. The number of alkyl halides is 3. The zero-order valence-corrected chi connectivity index (χ0v) is 9.61. The van der Waals surface area contributed by atoms with E-state index in [1.165, 1.54) is 6.92 Å². The maximum atomic E-state index is 12.5. The molecule has 0 heterocycles. The molecule has 5 heteroatoms. The summed E-state index contributed by atoms with van der Waals surface area (Å²) in [5, 5.41) is 0. The maximum Gasteiger partial charge on any atom is 0.416 e. The van der Waals surface area contributed by atoms with Crippen LogP contribution in [-0.2, 0) is 12.7 Å². The minimum atomic E-state index is -4.30. The van der Waals surface area contributed by atoms with Gasteiger partial charge in [-0.2, -0.15) is 13.2 Å². The van der Waals surface area contributed by atoms with E-state index in [9.17, 15) is 13.2 Å². The monoisotopic (exact) mass is 315 g/mol. The second-order valence-electron chi connectivity index (χ2n) is 2.94. The molecule has 0 radical (unpaired) electrons. The molecule has 0 bridgehead atoms. The van der Waals surface area contributed by atoms with E-state index < -0.39 is 11.7 Å². The van der Waals surface area contributed by atoms with Crippen LogP contribution in [0.5, 0.6) is 0 Å². The normalized spacial score (nSPS) is 11.9. The molecule has 0 saturated heterocycles. The van der Waals surface area contributed by atoms with Gasteiger partial charge in [-0.1, -0.05) is 0 Å². The first-order valence-corrected chi connectivity index (χ1v) is 5.00. The molecule has 0 aliphatic rings. The second-order valence-corrected chi connectivity index (χ2v) is 4.18. The summed E-state index contributed by atoms with van der Waals surface area (Å²) in [5.41, 5.74) is 5.54. The van der Waals surface area contributed by atoms with Gasteiger partial charge in [0.2, 0.25) is 0 Å². The highest BCUT2D eigenvalue weighted by Crippen LogP contribution is 2.34. The lowest BCUT2D eigenvalue weighted by Crippen LogP contribution is -2.11. The second kappa shape index (κ2) is 4.06. The van der Waals surface area contributed by atoms with Gasteiger partial charge in [0.25, 0.3) is 0 Å². The smallest absolute Gasteiger partial charge is 0.326 e. The number of hydrogen-bond donors (Lipinski definition) is 1. The Labute approximate surface area is 93.6 Å². The zero-order valence-electron chi connectivity index (χ0n) is 7.45. The van der Waals surface area contributed by atoms with E-state index in [1.54, 1.807) is 6.07 Å². The third-order valence-electron chi connectivity index (χ3n) is 2.01. The molecule has 0 aliphatic carbocycles. The summed E-state index contributed by atoms with van der Waals surface area (Å²) in [6, 6.07) is 2.81. The number of hydrogen-bond acceptors (Lipinski definition) is 1. The highest BCUT2D eigenvalue weighted by molar-refractivity contribution is 14.1. The Balaban J connectivity index is 3.37. The summed E-state index contributed by atoms with van der Waals surface area (Å²) in [4.78, 5) is 0. The fourth-order valence-corrected chi connectivity index (χ4v) is 1.93. The molecule has 0 aromatic heterocycles. The fourth-order valence-electron chi connectivity index (χ4n) is 1.24. The van der Waals surface area contributed by atoms with Gasteiger partial charge in [-0.25, -0.2) is 0 Å². The van der Waals surface area contributed by atoms with Crippen LogP contribution in [0, 0.1) is 10.5 Å². The van der Waals surface area contributed by atoms with Crippen molar-refractivity contribution in [1.82, 2.24) is 0 Å². The van der Waals surface area contributed by atoms with Gasteiger partial charge in [-0.3, -0.25) is 0 Å². The first kappa shape index (κ1) is 11.8. The van der Waals surface area contributed by atoms with Crippen molar-refractivity contribution in [2.24, 2.45) is 5.73 Å². The standard InChI is InChI=1S/C9H9F3IN/c1-5-6(4-14)2-7(13)3-8(5)9(10,11)12/h2-3H,4,14H2,1H3. The van der Waals surface area contributed by atoms with Crippen molar-refractivity contribution < 1.29 is 13.2 Å². The number of benzene rings is 1. The molecule has 0 atom stereocenters. The topological polar surface area (TPSA) is 26.0 Å². The molecule has 1 nitrogen and oxygen atoms in total. The lowest BCUT2D eigenvalue weighted by atomic mass is 10.0. The van der Waals surface area contributed by atoms with Crippen LogP contribution in [0.3, 0.4) is 0 Å². The third-order valence-corrected chi connectivity index (χ3v) is 2.63. The molecule has 1 aromatic carbocycles. The minimum Gasteiger partial charge on any atom is -0.326 e. The van der Waals surface area contributed by atoms with Gasteiger partial charge in [0.15, 0.2) is 0 Å². The Hall–Kier alpha value is -0.300. The van der Waals surface area contributed by atoms with Crippen molar-refractivity contribution in [3.05, 3.63) is 32.4 Å². The van der Waals surface area contributed by atoms with Gasteiger partial charge in [-0.15, -0.1) is 0 Å². The molecule has 14 heavy (non-hydrogen) atoms. The van der Waals surface area contributed by atoms with Crippen molar-refractivity contribution in [3.8, 4) is 0 Å². The fraction of sp³-hybridized carbons (Fsp3) is 0.333. The van der Waals surface area contributed by atoms with Crippen LogP contribution in [0.15, 0.2) is 12.1 Å². The number of rotatable bonds is 1. The van der Waals surface area contributed by atoms with Crippen LogP contribution >= 0.6 is 22.6 Å². The number of halogens is 4. The predicted molar refractivity (Wildman–Crippen MR) is 56.8 cm³/mol. The van der Waals surface area contributed by atoms with E-state index in [4.69, 9.17) is 5.73 Å². The molecule has 0 amide bonds. The molecule has 1 rings (SSSR count). The van der Waals surface area contributed by atoms with Crippen molar-refractivity contribution >= 4 is 22.6 Å². The van der Waals surface area contributed by atoms with E-state index in [0.717, 1.165) is 6.07 Å². The molecule has 1 aromatic rings. The van der Waals surface area contributed by atoms with Gasteiger partial charge in [0, 0.05) is 10.1 Å². The van der Waals surface area contributed by atoms with Crippen molar-refractivity contribution in [2.75, 3.05) is 0 Å². The van der Waals surface area contributed by atoms with Crippen LogP contribution in [-0.4, -0.2) is 0 Å². The largest absolute Gasteiger partial charge is 0.416 e. The quantitative estimate of drug-likeness (QED) is 0.792. The molecule has 0 saturated carbocycles. The summed E-state index contributed by atoms with van der Waals surface area (Å²) in [6.45, 7) is 1.58. The summed E-state index contributed by atoms with van der Waals surface area (Å²) < 4.78 is 38.1. The first-order chi connectivity index (χ1) is 6.36. The highest BCUT2D eigenvalue weighted by atomic mass is 127. The van der Waals surface area contributed by atoms with E-state index in [2.05, 4.69) is 0 Å². The lowest BCUT2D eigenvalue weighted by Gasteiger charge is -2.13. The van der Waals surface area contributed by atoms with Gasteiger partial charge >= 0.3 is 6.18 Å². The molecular formula is C9H9F3IN. The highest BCUT2D eigenvalue weighted by Gasteiger charge is 2.33. The molecule has 2 N–H and O–H groups in total. The van der Waals surface area contributed by atoms with Crippen molar-refractivity contribution in [2.45, 2.75) is 19.6 Å². The Bertz CT molecular complexity index is 347. The molecule has 0 aliphatic heterocycles. The van der Waals surface area contributed by atoms with Gasteiger partial charge in [0.1, 0.15) is 0 Å². The van der Waals surface area contributed by atoms with E-state index in [-0.39, 0.29) is 12.1 Å². The maximum absolute atomic E-state index is 12.5. The van der Waals surface area contributed by atoms with Crippen LogP contribution < -0.4 is 5.73 Å². The average molecular weight is 315 g/mol. The first-order valence-electron chi connectivity index (χ1n) is 3.92. The Morgan fingerprint density at radius 3 is 2.36 bits per heavy atom. The Kier molecular flexibility index (Phi) is 3.41. The van der Waals surface area contributed by atoms with E-state index in [0.29, 0.717) is 9.13 Å². The third kappa shape index (κ3) is 2.38. The summed E-state index contributed by atoms with van der Waals surface area (Å²) in [5.74, 6) is 0. The van der Waals surface area contributed by atoms with Crippen LogP contribution in [0.4, 0.5) is 13.2 Å². The minimum absolute atomic E-state index is 0.131. The van der Waals surface area contributed by atoms with Gasteiger partial charge in [-0.05, 0) is 52.8 Å². The molecule has 78 valence electrons. The summed E-state index contributed by atoms with van der Waals surface area (Å²) in [7, 11) is 0. The molecule has 0 unspecified atom stereocenters. The predicted octanol–water partition coefficient (Wildman–Crippen LogP) is 3.08. The van der Waals surface area contributed by atoms with Crippen LogP contribution in [0.25, 0.3) is 0 Å². The SMILES string of the molecule is Cc1c(CN)cc(I)cc1C(F)(F)F. The van der Waals surface area contributed by atoms with E-state index >= 15 is 0 Å². The van der Waals surface area contributed by atoms with Crippen molar-refractivity contribution in [1.29, 1.82) is 0 Å². The van der Waals surface area contributed by atoms with Crippen LogP contribution in [0.2, 0.25) is 0 Å². The van der Waals surface area contributed by atoms with Crippen molar-refractivity contribution in [3.63, 3.8) is 0 Å². The summed E-state index contributed by atoms with van der Waals surface area (Å²) in [6.07, 6.45) is -4.30. The molecule has 0 spiro atoms. The zero-order chi connectivity index (χ0) is 10.9. The van der Waals surface area contributed by atoms with Gasteiger partial charge < -0.3 is 5.73 Å². The molecular weight excluding hydrogens is 306 g/mol. The Morgan fingerprint density at radius 2 is 1.93 bits per heavy atom. The number of nitrogens with two attached hydrogens (primary N) is 1. The van der Waals surface area contributed by atoms with Gasteiger partial charge in [0.05, 0.1) is 5.56 Å². The lowest BCUT2D eigenvalue weighted by molar-refractivity contribution is -0.138.